The number of nitro groups is 1. The molecule has 1 aliphatic heterocycles. The van der Waals surface area contributed by atoms with Gasteiger partial charge in [0.1, 0.15) is 19.0 Å². The number of carbonyl (C=O) groups is 2. The minimum absolute atomic E-state index is 0.0415. The molecule has 0 saturated heterocycles. The van der Waals surface area contributed by atoms with E-state index in [1.165, 1.54) is 25.3 Å². The van der Waals surface area contributed by atoms with E-state index in [4.69, 9.17) is 18.9 Å². The van der Waals surface area contributed by atoms with Crippen LogP contribution in [0.25, 0.3) is 0 Å². The van der Waals surface area contributed by atoms with Crippen molar-refractivity contribution in [2.24, 2.45) is 0 Å². The SMILES string of the molecule is CCCOCCc1ccc(OCCOC(=O)C2=C(C)NC(C)=C(C(=O)OC)C2c2cccc([N+](=O)[O-])c2)cc1. The van der Waals surface area contributed by atoms with Crippen LogP contribution in [0.1, 0.15) is 44.2 Å². The van der Waals surface area contributed by atoms with Crippen LogP contribution in [0.2, 0.25) is 0 Å². The number of ether oxygens (including phenoxy) is 4. The first-order valence-corrected chi connectivity index (χ1v) is 12.7. The predicted molar refractivity (Wildman–Crippen MR) is 144 cm³/mol. The molecule has 1 unspecified atom stereocenters. The molecule has 0 spiro atoms. The van der Waals surface area contributed by atoms with Crippen LogP contribution in [0.3, 0.4) is 0 Å². The Morgan fingerprint density at radius 1 is 0.949 bits per heavy atom. The summed E-state index contributed by atoms with van der Waals surface area (Å²) in [5.41, 5.74) is 2.66. The van der Waals surface area contributed by atoms with Crippen LogP contribution in [-0.2, 0) is 30.2 Å². The Hall–Kier alpha value is -4.18. The van der Waals surface area contributed by atoms with Gasteiger partial charge in [0.15, 0.2) is 0 Å². The van der Waals surface area contributed by atoms with Gasteiger partial charge in [-0.3, -0.25) is 10.1 Å². The second kappa shape index (κ2) is 14.1. The van der Waals surface area contributed by atoms with Gasteiger partial charge in [0.25, 0.3) is 5.69 Å². The Bertz CT molecular complexity index is 1250. The summed E-state index contributed by atoms with van der Waals surface area (Å²) < 4.78 is 21.7. The third-order valence-corrected chi connectivity index (χ3v) is 6.19. The van der Waals surface area contributed by atoms with Crippen molar-refractivity contribution in [3.8, 4) is 5.75 Å². The third kappa shape index (κ3) is 7.67. The van der Waals surface area contributed by atoms with E-state index in [0.29, 0.717) is 29.3 Å². The molecule has 1 aliphatic rings. The number of nitrogens with zero attached hydrogens (tertiary/aromatic N) is 1. The molecule has 2 aromatic carbocycles. The number of benzene rings is 2. The van der Waals surface area contributed by atoms with Crippen molar-refractivity contribution in [1.82, 2.24) is 5.32 Å². The average Bonchev–Trinajstić information content (AvgIpc) is 2.93. The molecule has 0 bridgehead atoms. The van der Waals surface area contributed by atoms with Crippen molar-refractivity contribution in [1.29, 1.82) is 0 Å². The summed E-state index contributed by atoms with van der Waals surface area (Å²) >= 11 is 0. The lowest BCUT2D eigenvalue weighted by Gasteiger charge is -2.30. The molecule has 0 aromatic heterocycles. The van der Waals surface area contributed by atoms with Crippen LogP contribution in [0.5, 0.6) is 5.75 Å². The third-order valence-electron chi connectivity index (χ3n) is 6.19. The first-order valence-electron chi connectivity index (χ1n) is 12.7. The number of hydrogen-bond donors (Lipinski definition) is 1. The summed E-state index contributed by atoms with van der Waals surface area (Å²) in [6.45, 7) is 6.92. The molecule has 208 valence electrons. The average molecular weight is 539 g/mol. The maximum Gasteiger partial charge on any atom is 0.336 e. The highest BCUT2D eigenvalue weighted by Gasteiger charge is 2.38. The van der Waals surface area contributed by atoms with E-state index in [-0.39, 0.29) is 30.0 Å². The number of methoxy groups -OCH3 is 1. The largest absolute Gasteiger partial charge is 0.490 e. The van der Waals surface area contributed by atoms with Crippen molar-refractivity contribution in [3.05, 3.63) is 92.3 Å². The molecule has 39 heavy (non-hydrogen) atoms. The van der Waals surface area contributed by atoms with Gasteiger partial charge in [0.05, 0.1) is 35.7 Å². The topological polar surface area (TPSA) is 126 Å². The zero-order chi connectivity index (χ0) is 28.4. The molecule has 0 radical (unpaired) electrons. The molecule has 0 fully saturated rings. The van der Waals surface area contributed by atoms with Gasteiger partial charge in [-0.1, -0.05) is 31.2 Å². The van der Waals surface area contributed by atoms with Crippen LogP contribution < -0.4 is 10.1 Å². The van der Waals surface area contributed by atoms with Gasteiger partial charge >= 0.3 is 11.9 Å². The fourth-order valence-electron chi connectivity index (χ4n) is 4.36. The van der Waals surface area contributed by atoms with Crippen molar-refractivity contribution in [2.75, 3.05) is 33.5 Å². The summed E-state index contributed by atoms with van der Waals surface area (Å²) in [5.74, 6) is -1.60. The molecule has 1 atom stereocenters. The summed E-state index contributed by atoms with van der Waals surface area (Å²) in [5, 5.41) is 14.4. The number of nitrogens with one attached hydrogen (secondary N) is 1. The molecule has 3 rings (SSSR count). The van der Waals surface area contributed by atoms with Crippen LogP contribution in [0.4, 0.5) is 5.69 Å². The van der Waals surface area contributed by atoms with Gasteiger partial charge in [-0.2, -0.15) is 0 Å². The number of hydrogen-bond acceptors (Lipinski definition) is 9. The molecule has 0 saturated carbocycles. The fourth-order valence-corrected chi connectivity index (χ4v) is 4.36. The van der Waals surface area contributed by atoms with E-state index in [2.05, 4.69) is 12.2 Å². The number of esters is 2. The summed E-state index contributed by atoms with van der Waals surface area (Å²) in [4.78, 5) is 36.9. The number of carbonyl (C=O) groups excluding carboxylic acids is 2. The minimum atomic E-state index is -0.916. The molecule has 0 amide bonds. The van der Waals surface area contributed by atoms with Gasteiger partial charge in [-0.15, -0.1) is 0 Å². The van der Waals surface area contributed by atoms with Crippen LogP contribution in [-0.4, -0.2) is 50.4 Å². The minimum Gasteiger partial charge on any atom is -0.490 e. The maximum absolute atomic E-state index is 13.3. The van der Waals surface area contributed by atoms with Gasteiger partial charge in [-0.25, -0.2) is 9.59 Å². The first kappa shape index (κ1) is 29.4. The number of non-ortho nitro benzene ring substituents is 1. The Kier molecular flexibility index (Phi) is 10.6. The molecule has 1 heterocycles. The van der Waals surface area contributed by atoms with Crippen LogP contribution in [0, 0.1) is 10.1 Å². The Labute approximate surface area is 227 Å². The van der Waals surface area contributed by atoms with E-state index in [9.17, 15) is 19.7 Å². The highest BCUT2D eigenvalue weighted by Crippen LogP contribution is 2.40. The fraction of sp³-hybridized carbons (Fsp3) is 0.379. The maximum atomic E-state index is 13.3. The van der Waals surface area contributed by atoms with E-state index < -0.39 is 22.8 Å². The van der Waals surface area contributed by atoms with Gasteiger partial charge in [-0.05, 0) is 49.9 Å². The number of dihydropyridines is 1. The van der Waals surface area contributed by atoms with E-state index >= 15 is 0 Å². The van der Waals surface area contributed by atoms with E-state index in [0.717, 1.165) is 25.0 Å². The molecule has 2 aromatic rings. The molecular weight excluding hydrogens is 504 g/mol. The normalized spacial score (nSPS) is 15.0. The smallest absolute Gasteiger partial charge is 0.336 e. The molecule has 1 N–H and O–H groups in total. The summed E-state index contributed by atoms with van der Waals surface area (Å²) in [6, 6.07) is 13.5. The number of allylic oxidation sites excluding steroid dienone is 2. The van der Waals surface area contributed by atoms with Crippen molar-refractivity contribution >= 4 is 17.6 Å². The molecule has 10 heteroatoms. The van der Waals surface area contributed by atoms with Crippen molar-refractivity contribution in [3.63, 3.8) is 0 Å². The van der Waals surface area contributed by atoms with E-state index in [1.807, 2.05) is 24.3 Å². The Balaban J connectivity index is 1.70. The van der Waals surface area contributed by atoms with Crippen molar-refractivity contribution in [2.45, 2.75) is 39.5 Å². The highest BCUT2D eigenvalue weighted by molar-refractivity contribution is 5.99. The van der Waals surface area contributed by atoms with E-state index in [1.54, 1.807) is 19.9 Å². The molecule has 10 nitrogen and oxygen atoms in total. The quantitative estimate of drug-likeness (QED) is 0.169. The lowest BCUT2D eigenvalue weighted by Crippen LogP contribution is -2.32. The summed E-state index contributed by atoms with van der Waals surface area (Å²) in [6.07, 6.45) is 1.80. The Morgan fingerprint density at radius 3 is 2.28 bits per heavy atom. The zero-order valence-corrected chi connectivity index (χ0v) is 22.7. The van der Waals surface area contributed by atoms with Gasteiger partial charge < -0.3 is 24.3 Å². The first-order chi connectivity index (χ1) is 18.8. The van der Waals surface area contributed by atoms with Crippen LogP contribution >= 0.6 is 0 Å². The molecule has 0 aliphatic carbocycles. The monoisotopic (exact) mass is 538 g/mol. The van der Waals surface area contributed by atoms with Gasteiger partial charge in [0, 0.05) is 30.1 Å². The predicted octanol–water partition coefficient (Wildman–Crippen LogP) is 4.59. The van der Waals surface area contributed by atoms with Gasteiger partial charge in [0.2, 0.25) is 0 Å². The number of rotatable bonds is 13. The Morgan fingerprint density at radius 2 is 1.64 bits per heavy atom. The lowest BCUT2D eigenvalue weighted by atomic mass is 9.80. The molecular formula is C29H34N2O8. The standard InChI is InChI=1S/C29H34N2O8/c1-5-14-37-15-13-21-9-11-24(12-10-21)38-16-17-39-29(33)26-20(3)30-19(2)25(28(32)36-4)27(26)22-7-6-8-23(18-22)31(34)35/h6-12,18,27,30H,5,13-17H2,1-4H3. The highest BCUT2D eigenvalue weighted by atomic mass is 16.6. The lowest BCUT2D eigenvalue weighted by molar-refractivity contribution is -0.384. The second-order valence-electron chi connectivity index (χ2n) is 8.97. The second-order valence-corrected chi connectivity index (χ2v) is 8.97. The zero-order valence-electron chi connectivity index (χ0n) is 22.7. The van der Waals surface area contributed by atoms with Crippen LogP contribution in [0.15, 0.2) is 71.1 Å². The summed E-state index contributed by atoms with van der Waals surface area (Å²) in [7, 11) is 1.24. The number of nitro benzene ring substituents is 1. The van der Waals surface area contributed by atoms with Crippen molar-refractivity contribution < 1.29 is 33.5 Å².